The number of hydrogen-bond acceptors (Lipinski definition) is 4. The van der Waals surface area contributed by atoms with Gasteiger partial charge in [-0.15, -0.1) is 22.7 Å². The Morgan fingerprint density at radius 3 is 2.17 bits per heavy atom. The van der Waals surface area contributed by atoms with Crippen molar-refractivity contribution in [2.45, 2.75) is 56.0 Å². The van der Waals surface area contributed by atoms with Crippen molar-refractivity contribution in [3.63, 3.8) is 0 Å². The SMILES string of the molecule is CN1[C@@H]2CCC[C@H]1CC(CC(C#N)(c1cccs1)c1cccs1)C2. The molecule has 2 bridgehead atoms. The predicted octanol–water partition coefficient (Wildman–Crippen LogP) is 5.27. The van der Waals surface area contributed by atoms with E-state index < -0.39 is 5.41 Å². The zero-order chi connectivity index (χ0) is 16.6. The summed E-state index contributed by atoms with van der Waals surface area (Å²) in [6.07, 6.45) is 7.54. The van der Waals surface area contributed by atoms with Gasteiger partial charge < -0.3 is 4.90 Å². The number of thiophene rings is 2. The first-order valence-electron chi connectivity index (χ1n) is 8.94. The highest BCUT2D eigenvalue weighted by Crippen LogP contribution is 2.46. The molecule has 4 rings (SSSR count). The first-order valence-corrected chi connectivity index (χ1v) is 10.7. The summed E-state index contributed by atoms with van der Waals surface area (Å²) < 4.78 is 0. The molecule has 4 heteroatoms. The zero-order valence-corrected chi connectivity index (χ0v) is 15.8. The van der Waals surface area contributed by atoms with E-state index in [0.29, 0.717) is 5.92 Å². The number of nitrogens with zero attached hydrogens (tertiary/aromatic N) is 2. The van der Waals surface area contributed by atoms with Crippen LogP contribution in [0.4, 0.5) is 0 Å². The third-order valence-electron chi connectivity index (χ3n) is 6.11. The normalized spacial score (nSPS) is 27.8. The molecular formula is C20H24N2S2. The molecule has 1 unspecified atom stereocenters. The summed E-state index contributed by atoms with van der Waals surface area (Å²) >= 11 is 3.47. The molecule has 2 aromatic rings. The van der Waals surface area contributed by atoms with Crippen molar-refractivity contribution < 1.29 is 0 Å². The second-order valence-electron chi connectivity index (χ2n) is 7.42. The van der Waals surface area contributed by atoms with Gasteiger partial charge >= 0.3 is 0 Å². The molecule has 2 saturated heterocycles. The van der Waals surface area contributed by atoms with Crippen molar-refractivity contribution >= 4 is 22.7 Å². The number of nitriles is 1. The molecule has 0 radical (unpaired) electrons. The van der Waals surface area contributed by atoms with Crippen LogP contribution in [0.25, 0.3) is 0 Å². The quantitative estimate of drug-likeness (QED) is 0.746. The van der Waals surface area contributed by atoms with Crippen molar-refractivity contribution in [3.05, 3.63) is 44.8 Å². The van der Waals surface area contributed by atoms with Gasteiger partial charge in [0.2, 0.25) is 0 Å². The van der Waals surface area contributed by atoms with Gasteiger partial charge in [-0.25, -0.2) is 0 Å². The van der Waals surface area contributed by atoms with Crippen LogP contribution in [-0.4, -0.2) is 24.0 Å². The van der Waals surface area contributed by atoms with Crippen molar-refractivity contribution in [1.82, 2.24) is 4.90 Å². The minimum Gasteiger partial charge on any atom is -0.300 e. The molecule has 0 spiro atoms. The molecule has 2 nitrogen and oxygen atoms in total. The van der Waals surface area contributed by atoms with Gasteiger partial charge in [-0.3, -0.25) is 0 Å². The molecule has 0 saturated carbocycles. The smallest absolute Gasteiger partial charge is 0.126 e. The number of rotatable bonds is 4. The lowest BCUT2D eigenvalue weighted by molar-refractivity contribution is 0.0312. The third-order valence-corrected chi connectivity index (χ3v) is 8.17. The fourth-order valence-electron chi connectivity index (χ4n) is 4.85. The fraction of sp³-hybridized carbons (Fsp3) is 0.550. The van der Waals surface area contributed by atoms with E-state index in [1.54, 1.807) is 22.7 Å². The minimum atomic E-state index is -0.447. The Kier molecular flexibility index (Phi) is 4.51. The Hall–Kier alpha value is -1.15. The lowest BCUT2D eigenvalue weighted by atomic mass is 9.70. The second-order valence-corrected chi connectivity index (χ2v) is 9.31. The van der Waals surface area contributed by atoms with Gasteiger partial charge in [-0.2, -0.15) is 5.26 Å². The van der Waals surface area contributed by atoms with Gasteiger partial charge in [0.15, 0.2) is 0 Å². The van der Waals surface area contributed by atoms with Crippen LogP contribution < -0.4 is 0 Å². The minimum absolute atomic E-state index is 0.447. The Labute approximate surface area is 152 Å². The van der Waals surface area contributed by atoms with E-state index in [1.807, 2.05) is 0 Å². The van der Waals surface area contributed by atoms with E-state index in [4.69, 9.17) is 0 Å². The van der Waals surface area contributed by atoms with Crippen LogP contribution in [0.1, 0.15) is 48.3 Å². The average molecular weight is 357 g/mol. The highest BCUT2D eigenvalue weighted by molar-refractivity contribution is 7.11. The maximum absolute atomic E-state index is 10.3. The maximum Gasteiger partial charge on any atom is 0.126 e. The standard InChI is InChI=1S/C20H24N2S2/c1-22-16-5-2-6-17(22)12-15(11-16)13-20(14-21,18-7-3-9-23-18)19-8-4-10-24-19/h3-4,7-10,15-17H,2,5-6,11-13H2,1H3/t15?,16-,17+. The first kappa shape index (κ1) is 16.3. The zero-order valence-electron chi connectivity index (χ0n) is 14.1. The van der Waals surface area contributed by atoms with Crippen LogP contribution in [0, 0.1) is 17.2 Å². The van der Waals surface area contributed by atoms with Gasteiger partial charge in [0, 0.05) is 21.8 Å². The maximum atomic E-state index is 10.3. The summed E-state index contributed by atoms with van der Waals surface area (Å²) in [5.41, 5.74) is -0.447. The monoisotopic (exact) mass is 356 g/mol. The highest BCUT2D eigenvalue weighted by atomic mass is 32.1. The molecular weight excluding hydrogens is 332 g/mol. The van der Waals surface area contributed by atoms with Gasteiger partial charge in [-0.1, -0.05) is 18.6 Å². The molecule has 4 heterocycles. The van der Waals surface area contributed by atoms with E-state index in [1.165, 1.54) is 41.9 Å². The van der Waals surface area contributed by atoms with Crippen molar-refractivity contribution in [3.8, 4) is 6.07 Å². The van der Waals surface area contributed by atoms with Crippen molar-refractivity contribution in [2.75, 3.05) is 7.05 Å². The molecule has 0 aliphatic carbocycles. The van der Waals surface area contributed by atoms with Gasteiger partial charge in [0.05, 0.1) is 6.07 Å². The lowest BCUT2D eigenvalue weighted by Gasteiger charge is -2.48. The largest absolute Gasteiger partial charge is 0.300 e. The topological polar surface area (TPSA) is 27.0 Å². The van der Waals surface area contributed by atoms with Crippen molar-refractivity contribution in [1.29, 1.82) is 5.26 Å². The Morgan fingerprint density at radius 1 is 1.12 bits per heavy atom. The third kappa shape index (κ3) is 2.73. The molecule has 0 amide bonds. The van der Waals surface area contributed by atoms with E-state index in [0.717, 1.165) is 18.5 Å². The second kappa shape index (κ2) is 6.63. The molecule has 2 aromatic heterocycles. The van der Waals surface area contributed by atoms with E-state index in [-0.39, 0.29) is 0 Å². The summed E-state index contributed by atoms with van der Waals surface area (Å²) in [6.45, 7) is 0. The highest BCUT2D eigenvalue weighted by Gasteiger charge is 2.43. The Bertz CT molecular complexity index is 650. The molecule has 24 heavy (non-hydrogen) atoms. The summed E-state index contributed by atoms with van der Waals surface area (Å²) in [5, 5.41) is 14.5. The predicted molar refractivity (Wildman–Crippen MR) is 102 cm³/mol. The summed E-state index contributed by atoms with van der Waals surface area (Å²) in [7, 11) is 2.31. The molecule has 2 aliphatic heterocycles. The summed E-state index contributed by atoms with van der Waals surface area (Å²) in [4.78, 5) is 5.05. The van der Waals surface area contributed by atoms with Crippen LogP contribution in [0.5, 0.6) is 0 Å². The van der Waals surface area contributed by atoms with Gasteiger partial charge in [0.1, 0.15) is 5.41 Å². The number of hydrogen-bond donors (Lipinski definition) is 0. The molecule has 0 N–H and O–H groups in total. The van der Waals surface area contributed by atoms with Crippen LogP contribution in [0.2, 0.25) is 0 Å². The lowest BCUT2D eigenvalue weighted by Crippen LogP contribution is -2.50. The Morgan fingerprint density at radius 2 is 1.71 bits per heavy atom. The van der Waals surface area contributed by atoms with Crippen LogP contribution >= 0.6 is 22.7 Å². The molecule has 2 fully saturated rings. The van der Waals surface area contributed by atoms with Crippen LogP contribution in [0.15, 0.2) is 35.0 Å². The van der Waals surface area contributed by atoms with Crippen LogP contribution in [-0.2, 0) is 5.41 Å². The summed E-state index contributed by atoms with van der Waals surface area (Å²) in [5.74, 6) is 0.653. The van der Waals surface area contributed by atoms with E-state index in [2.05, 4.69) is 53.0 Å². The molecule has 2 aliphatic rings. The molecule has 0 aromatic carbocycles. The van der Waals surface area contributed by atoms with E-state index in [9.17, 15) is 5.26 Å². The van der Waals surface area contributed by atoms with Crippen LogP contribution in [0.3, 0.4) is 0 Å². The average Bonchev–Trinajstić information content (AvgIpc) is 3.27. The van der Waals surface area contributed by atoms with Gasteiger partial charge in [-0.05, 0) is 68.0 Å². The molecule has 126 valence electrons. The molecule has 3 atom stereocenters. The van der Waals surface area contributed by atoms with Gasteiger partial charge in [0.25, 0.3) is 0 Å². The number of fused-ring (bicyclic) bond motifs is 2. The Balaban J connectivity index is 1.65. The summed E-state index contributed by atoms with van der Waals surface area (Å²) in [6, 6.07) is 12.7. The van der Waals surface area contributed by atoms with E-state index >= 15 is 0 Å². The van der Waals surface area contributed by atoms with Crippen molar-refractivity contribution in [2.24, 2.45) is 5.92 Å². The fourth-order valence-corrected chi connectivity index (χ4v) is 6.72. The first-order chi connectivity index (χ1) is 11.7. The number of piperidine rings is 2.